The summed E-state index contributed by atoms with van der Waals surface area (Å²) in [5, 5.41) is 21.1. The zero-order valence-electron chi connectivity index (χ0n) is 22.5. The quantitative estimate of drug-likeness (QED) is 0.0851. The molecule has 5 nitrogen and oxygen atoms in total. The Balaban J connectivity index is 2.27. The van der Waals surface area contributed by atoms with E-state index in [1.165, 1.54) is 0 Å². The van der Waals surface area contributed by atoms with E-state index < -0.39 is 18.0 Å². The van der Waals surface area contributed by atoms with E-state index in [1.807, 2.05) is 18.2 Å². The first-order valence-electron chi connectivity index (χ1n) is 13.4. The second-order valence-electron chi connectivity index (χ2n) is 9.24. The highest BCUT2D eigenvalue weighted by atomic mass is 19.4. The van der Waals surface area contributed by atoms with E-state index in [2.05, 4.69) is 28.3 Å². The fourth-order valence-corrected chi connectivity index (χ4v) is 4.08. The predicted octanol–water partition coefficient (Wildman–Crippen LogP) is 6.77. The van der Waals surface area contributed by atoms with E-state index in [1.54, 1.807) is 36.7 Å². The summed E-state index contributed by atoms with van der Waals surface area (Å²) in [4.78, 5) is 9.29. The van der Waals surface area contributed by atoms with Crippen molar-refractivity contribution in [1.82, 2.24) is 15.3 Å². The number of nitrogens with zero attached hydrogens (tertiary/aromatic N) is 2. The molecule has 1 aliphatic carbocycles. The predicted molar refractivity (Wildman–Crippen MR) is 152 cm³/mol. The molecule has 0 amide bonds. The van der Waals surface area contributed by atoms with Gasteiger partial charge in [-0.3, -0.25) is 15.3 Å². The maximum Gasteiger partial charge on any atom is 0.417 e. The van der Waals surface area contributed by atoms with Gasteiger partial charge in [0, 0.05) is 31.1 Å². The van der Waals surface area contributed by atoms with Crippen LogP contribution in [0.25, 0.3) is 0 Å². The summed E-state index contributed by atoms with van der Waals surface area (Å²) in [5.74, 6) is 0. The summed E-state index contributed by atoms with van der Waals surface area (Å²) in [6, 6.07) is 4.88. The van der Waals surface area contributed by atoms with Gasteiger partial charge >= 0.3 is 6.18 Å². The Bertz CT molecular complexity index is 1100. The van der Waals surface area contributed by atoms with Crippen molar-refractivity contribution in [3.8, 4) is 0 Å². The van der Waals surface area contributed by atoms with Crippen molar-refractivity contribution < 1.29 is 18.3 Å². The summed E-state index contributed by atoms with van der Waals surface area (Å²) >= 11 is 0. The third-order valence-corrected chi connectivity index (χ3v) is 6.14. The molecule has 2 rings (SSSR count). The van der Waals surface area contributed by atoms with Gasteiger partial charge in [-0.1, -0.05) is 56.1 Å². The molecule has 1 heterocycles. The van der Waals surface area contributed by atoms with Crippen LogP contribution in [0.15, 0.2) is 78.2 Å². The van der Waals surface area contributed by atoms with Crippen LogP contribution in [0.2, 0.25) is 6.32 Å². The van der Waals surface area contributed by atoms with Crippen LogP contribution < -0.4 is 5.32 Å². The molecule has 2 unspecified atom stereocenters. The summed E-state index contributed by atoms with van der Waals surface area (Å²) in [7, 11) is 5.67. The third kappa shape index (κ3) is 12.1. The Labute approximate surface area is 231 Å². The minimum absolute atomic E-state index is 0.317. The zero-order valence-corrected chi connectivity index (χ0v) is 22.5. The van der Waals surface area contributed by atoms with Crippen molar-refractivity contribution in [2.24, 2.45) is 0 Å². The van der Waals surface area contributed by atoms with E-state index in [9.17, 15) is 18.3 Å². The van der Waals surface area contributed by atoms with Crippen molar-refractivity contribution in [2.75, 3.05) is 0 Å². The third-order valence-electron chi connectivity index (χ3n) is 6.14. The Hall–Kier alpha value is -3.04. The van der Waals surface area contributed by atoms with Crippen molar-refractivity contribution >= 4 is 14.1 Å². The van der Waals surface area contributed by atoms with E-state index in [-0.39, 0.29) is 6.04 Å². The van der Waals surface area contributed by atoms with Crippen LogP contribution in [-0.2, 0) is 12.8 Å². The lowest BCUT2D eigenvalue weighted by Crippen LogP contribution is -2.33. The number of aliphatic hydroxyl groups excluding tert-OH is 1. The first-order chi connectivity index (χ1) is 18.8. The normalized spacial score (nSPS) is 17.2. The van der Waals surface area contributed by atoms with E-state index in [0.717, 1.165) is 43.1 Å². The number of hydrogen-bond donors (Lipinski definition) is 3. The van der Waals surface area contributed by atoms with Crippen molar-refractivity contribution in [2.45, 2.75) is 83.1 Å². The number of aromatic nitrogens is 2. The summed E-state index contributed by atoms with van der Waals surface area (Å²) in [6.07, 6.45) is 15.4. The van der Waals surface area contributed by atoms with E-state index >= 15 is 0 Å². The number of aliphatic hydroxyl groups is 1. The molecule has 9 heteroatoms. The second kappa shape index (κ2) is 17.5. The molecule has 0 saturated carbocycles. The monoisotopic (exact) mass is 538 g/mol. The summed E-state index contributed by atoms with van der Waals surface area (Å²) in [5.41, 5.74) is 1.76. The van der Waals surface area contributed by atoms with E-state index in [4.69, 9.17) is 13.3 Å². The molecular weight excluding hydrogens is 500 g/mol. The Kier molecular flexibility index (Phi) is 14.5. The molecule has 2 atom stereocenters. The number of unbranched alkanes of at least 4 members (excludes halogenated alkanes) is 1. The van der Waals surface area contributed by atoms with Gasteiger partial charge in [-0.25, -0.2) is 0 Å². The maximum atomic E-state index is 13.0. The number of alkyl halides is 3. The lowest BCUT2D eigenvalue weighted by atomic mass is 9.94. The molecular formula is C30H38BF3N4O. The lowest BCUT2D eigenvalue weighted by molar-refractivity contribution is -0.0857. The fourth-order valence-electron chi connectivity index (χ4n) is 4.08. The minimum atomic E-state index is -4.57. The van der Waals surface area contributed by atoms with Crippen LogP contribution in [0.5, 0.6) is 0 Å². The number of nitrogens with one attached hydrogen (secondary N) is 2. The highest BCUT2D eigenvalue weighted by molar-refractivity contribution is 6.08. The van der Waals surface area contributed by atoms with Gasteiger partial charge in [-0.15, -0.1) is 0 Å². The van der Waals surface area contributed by atoms with Gasteiger partial charge in [-0.2, -0.15) is 13.2 Å². The van der Waals surface area contributed by atoms with Crippen molar-refractivity contribution in [3.05, 3.63) is 95.1 Å². The molecule has 0 saturated heterocycles. The summed E-state index contributed by atoms with van der Waals surface area (Å²) in [6.45, 7) is 2.08. The molecule has 1 aliphatic rings. The smallest absolute Gasteiger partial charge is 0.374 e. The highest BCUT2D eigenvalue weighted by Gasteiger charge is 2.32. The van der Waals surface area contributed by atoms with Gasteiger partial charge in [0.2, 0.25) is 0 Å². The Morgan fingerprint density at radius 2 is 1.95 bits per heavy atom. The van der Waals surface area contributed by atoms with Crippen molar-refractivity contribution in [3.63, 3.8) is 0 Å². The van der Waals surface area contributed by atoms with E-state index in [0.29, 0.717) is 49.4 Å². The molecule has 0 spiro atoms. The average Bonchev–Trinajstić information content (AvgIpc) is 2.90. The lowest BCUT2D eigenvalue weighted by Gasteiger charge is -2.24. The molecule has 0 bridgehead atoms. The Morgan fingerprint density at radius 3 is 2.67 bits per heavy atom. The zero-order chi connectivity index (χ0) is 28.5. The largest absolute Gasteiger partial charge is 0.417 e. The van der Waals surface area contributed by atoms with Gasteiger partial charge in [0.15, 0.2) is 0 Å². The molecule has 1 aromatic heterocycles. The molecule has 0 fully saturated rings. The number of rotatable bonds is 13. The standard InChI is InChI=1S/C30H38BF3N4O/c1-2-3-4-5-6-14-27-28(15-7-8-17-31)37-19-16-24(12-10-18-36-27)29(39)38-26-13-9-11-23(21-26)20-25(22-35)30(32,33)34/h3-6,10,12,16,18-22,26,29,35,38-39H,2,7-9,11,13-15,17H2,1H3/b4-3-,6-5-,12-10?,18-10?,19-16?,24-12?,24-16?,25-20+,28-27?,35-22?,36-18?,36-27?,37-19?,37-28?. The van der Waals surface area contributed by atoms with Crippen LogP contribution in [0.3, 0.4) is 0 Å². The fraction of sp³-hybridized carbons (Fsp3) is 0.433. The van der Waals surface area contributed by atoms with Gasteiger partial charge < -0.3 is 10.5 Å². The molecule has 3 N–H and O–H groups in total. The first kappa shape index (κ1) is 32.2. The number of allylic oxidation sites excluding steroid dienone is 7. The molecule has 1 aromatic rings. The van der Waals surface area contributed by atoms with Gasteiger partial charge in [-0.05, 0) is 67.9 Å². The number of hydrogen-bond acceptors (Lipinski definition) is 5. The minimum Gasteiger partial charge on any atom is -0.374 e. The number of aryl methyl sites for hydroxylation is 1. The molecule has 0 aromatic carbocycles. The van der Waals surface area contributed by atoms with Gasteiger partial charge in [0.1, 0.15) is 6.23 Å². The molecule has 0 aliphatic heterocycles. The van der Waals surface area contributed by atoms with Crippen LogP contribution >= 0.6 is 0 Å². The van der Waals surface area contributed by atoms with Gasteiger partial charge in [0.05, 0.1) is 24.8 Å². The SMILES string of the molecule is [B]CCCCc1nccc(C(O)NC2C=C(/C=C(\C=N)C(F)(F)F)CCC2)cccnc1C/C=C\C=C/CC. The van der Waals surface area contributed by atoms with Crippen LogP contribution in [-0.4, -0.2) is 41.4 Å². The average molecular weight is 538 g/mol. The van der Waals surface area contributed by atoms with Crippen LogP contribution in [0.4, 0.5) is 13.2 Å². The first-order valence-corrected chi connectivity index (χ1v) is 13.4. The number of halogens is 3. The molecule has 2 radical (unpaired) electrons. The second-order valence-corrected chi connectivity index (χ2v) is 9.24. The van der Waals surface area contributed by atoms with Crippen LogP contribution in [0, 0.1) is 5.41 Å². The Morgan fingerprint density at radius 1 is 1.18 bits per heavy atom. The van der Waals surface area contributed by atoms with Crippen molar-refractivity contribution in [1.29, 1.82) is 5.41 Å². The topological polar surface area (TPSA) is 81.9 Å². The maximum absolute atomic E-state index is 13.0. The summed E-state index contributed by atoms with van der Waals surface area (Å²) < 4.78 is 39.1. The molecule has 39 heavy (non-hydrogen) atoms. The molecule has 208 valence electrons. The highest BCUT2D eigenvalue weighted by Crippen LogP contribution is 2.28. The van der Waals surface area contributed by atoms with Crippen LogP contribution in [0.1, 0.15) is 68.6 Å². The van der Waals surface area contributed by atoms with Gasteiger partial charge in [0.25, 0.3) is 0 Å².